The summed E-state index contributed by atoms with van der Waals surface area (Å²) in [7, 11) is 1.73. The minimum absolute atomic E-state index is 0.214. The number of aromatic carboxylic acids is 1. The number of carboxylic acids is 1. The third-order valence-corrected chi connectivity index (χ3v) is 2.56. The summed E-state index contributed by atoms with van der Waals surface area (Å²) in [6.45, 7) is 2.03. The van der Waals surface area contributed by atoms with Crippen LogP contribution >= 0.6 is 0 Å². The van der Waals surface area contributed by atoms with Crippen LogP contribution in [0.2, 0.25) is 0 Å². The molecule has 0 aliphatic carbocycles. The fraction of sp³-hybridized carbons (Fsp3) is 0.300. The maximum absolute atomic E-state index is 10.9. The highest BCUT2D eigenvalue weighted by atomic mass is 16.6. The minimum atomic E-state index is -1.42. The molecule has 9 nitrogen and oxygen atoms in total. The van der Waals surface area contributed by atoms with Gasteiger partial charge >= 0.3 is 11.7 Å². The molecule has 0 atom stereocenters. The first-order valence-electron chi connectivity index (χ1n) is 5.33. The minimum Gasteiger partial charge on any atom is -0.476 e. The zero-order chi connectivity index (χ0) is 14.2. The van der Waals surface area contributed by atoms with Crippen molar-refractivity contribution in [1.29, 1.82) is 0 Å². The zero-order valence-electron chi connectivity index (χ0n) is 10.3. The lowest BCUT2D eigenvalue weighted by Gasteiger charge is -2.00. The molecule has 0 fully saturated rings. The number of aromatic nitrogens is 4. The van der Waals surface area contributed by atoms with E-state index in [1.165, 1.54) is 4.68 Å². The van der Waals surface area contributed by atoms with Crippen LogP contribution in [0.25, 0.3) is 0 Å². The second kappa shape index (κ2) is 4.52. The lowest BCUT2D eigenvalue weighted by molar-refractivity contribution is -0.385. The highest BCUT2D eigenvalue weighted by Gasteiger charge is 2.25. The van der Waals surface area contributed by atoms with Crippen molar-refractivity contribution in [3.05, 3.63) is 39.5 Å². The van der Waals surface area contributed by atoms with Crippen LogP contribution in [0.5, 0.6) is 0 Å². The summed E-state index contributed by atoms with van der Waals surface area (Å²) in [6, 6.07) is 1.80. The topological polar surface area (TPSA) is 116 Å². The average Bonchev–Trinajstić information content (AvgIpc) is 2.84. The standard InChI is InChI=1S/C10H11N5O4/c1-6-3-7(13(2)11-6)4-14-5-8(15(18)19)9(12-14)10(16)17/h3,5H,4H2,1-2H3,(H,16,17). The number of carbonyl (C=O) groups is 1. The van der Waals surface area contributed by atoms with Crippen LogP contribution in [0.1, 0.15) is 21.9 Å². The van der Waals surface area contributed by atoms with Crippen LogP contribution in [0.4, 0.5) is 5.69 Å². The summed E-state index contributed by atoms with van der Waals surface area (Å²) >= 11 is 0. The highest BCUT2D eigenvalue weighted by Crippen LogP contribution is 2.17. The normalized spacial score (nSPS) is 10.6. The lowest BCUT2D eigenvalue weighted by Crippen LogP contribution is -2.07. The Bertz CT molecular complexity index is 625. The Morgan fingerprint density at radius 1 is 1.53 bits per heavy atom. The largest absolute Gasteiger partial charge is 0.476 e. The van der Waals surface area contributed by atoms with E-state index in [4.69, 9.17) is 5.11 Å². The van der Waals surface area contributed by atoms with Gasteiger partial charge in [-0.05, 0) is 13.0 Å². The summed E-state index contributed by atoms with van der Waals surface area (Å²) in [5, 5.41) is 27.4. The maximum atomic E-state index is 10.9. The average molecular weight is 265 g/mol. The van der Waals surface area contributed by atoms with E-state index in [0.29, 0.717) is 0 Å². The summed E-state index contributed by atoms with van der Waals surface area (Å²) < 4.78 is 2.83. The Morgan fingerprint density at radius 3 is 2.63 bits per heavy atom. The number of hydrogen-bond acceptors (Lipinski definition) is 5. The van der Waals surface area contributed by atoms with Crippen molar-refractivity contribution in [3.8, 4) is 0 Å². The van der Waals surface area contributed by atoms with E-state index in [9.17, 15) is 14.9 Å². The van der Waals surface area contributed by atoms with E-state index < -0.39 is 22.3 Å². The quantitative estimate of drug-likeness (QED) is 0.638. The van der Waals surface area contributed by atoms with Gasteiger partial charge in [-0.15, -0.1) is 0 Å². The third-order valence-electron chi connectivity index (χ3n) is 2.56. The number of aryl methyl sites for hydroxylation is 2. The van der Waals surface area contributed by atoms with E-state index >= 15 is 0 Å². The van der Waals surface area contributed by atoms with Gasteiger partial charge < -0.3 is 5.11 Å². The smallest absolute Gasteiger partial charge is 0.363 e. The van der Waals surface area contributed by atoms with Gasteiger partial charge in [-0.1, -0.05) is 0 Å². The first-order valence-corrected chi connectivity index (χ1v) is 5.33. The van der Waals surface area contributed by atoms with Crippen LogP contribution in [0.15, 0.2) is 12.3 Å². The number of rotatable bonds is 4. The van der Waals surface area contributed by atoms with Crippen molar-refractivity contribution >= 4 is 11.7 Å². The molecule has 2 aromatic heterocycles. The summed E-state index contributed by atoms with van der Waals surface area (Å²) in [6.07, 6.45) is 1.10. The van der Waals surface area contributed by atoms with Crippen LogP contribution in [0.3, 0.4) is 0 Å². The Kier molecular flexibility index (Phi) is 3.03. The maximum Gasteiger partial charge on any atom is 0.363 e. The van der Waals surface area contributed by atoms with Crippen LogP contribution < -0.4 is 0 Å². The fourth-order valence-electron chi connectivity index (χ4n) is 1.76. The molecular formula is C10H11N5O4. The molecule has 0 bridgehead atoms. The first kappa shape index (κ1) is 12.7. The second-order valence-electron chi connectivity index (χ2n) is 4.02. The predicted octanol–water partition coefficient (Wildman–Crippen LogP) is 0.580. The molecule has 19 heavy (non-hydrogen) atoms. The molecule has 100 valence electrons. The molecule has 1 N–H and O–H groups in total. The number of hydrogen-bond donors (Lipinski definition) is 1. The highest BCUT2D eigenvalue weighted by molar-refractivity contribution is 5.89. The van der Waals surface area contributed by atoms with Gasteiger partial charge in [-0.25, -0.2) is 4.79 Å². The van der Waals surface area contributed by atoms with Crippen molar-refractivity contribution in [2.45, 2.75) is 13.5 Å². The number of carboxylic acid groups (broad SMARTS) is 1. The van der Waals surface area contributed by atoms with Crippen LogP contribution in [0, 0.1) is 17.0 Å². The predicted molar refractivity (Wildman–Crippen MR) is 62.9 cm³/mol. The lowest BCUT2D eigenvalue weighted by atomic mass is 10.3. The Balaban J connectivity index is 2.36. The SMILES string of the molecule is Cc1cc(Cn2cc([N+](=O)[O-])c(C(=O)O)n2)n(C)n1. The molecule has 2 aromatic rings. The molecule has 0 aromatic carbocycles. The Labute approximate surface area is 107 Å². The van der Waals surface area contributed by atoms with Gasteiger partial charge in [0.25, 0.3) is 0 Å². The van der Waals surface area contributed by atoms with Gasteiger partial charge in [0.05, 0.1) is 22.9 Å². The molecule has 0 amide bonds. The third kappa shape index (κ3) is 2.44. The van der Waals surface area contributed by atoms with Crippen molar-refractivity contribution in [2.75, 3.05) is 0 Å². The van der Waals surface area contributed by atoms with Crippen molar-refractivity contribution in [1.82, 2.24) is 19.6 Å². The van der Waals surface area contributed by atoms with E-state index in [-0.39, 0.29) is 6.54 Å². The molecule has 0 saturated carbocycles. The van der Waals surface area contributed by atoms with Crippen LogP contribution in [-0.2, 0) is 13.6 Å². The number of nitro groups is 1. The van der Waals surface area contributed by atoms with Gasteiger partial charge in [0.15, 0.2) is 0 Å². The van der Waals surface area contributed by atoms with Gasteiger partial charge in [0.1, 0.15) is 6.20 Å². The molecule has 0 saturated heterocycles. The number of nitrogens with zero attached hydrogens (tertiary/aromatic N) is 5. The Hall–Kier alpha value is -2.71. The Morgan fingerprint density at radius 2 is 2.21 bits per heavy atom. The summed E-state index contributed by atoms with van der Waals surface area (Å²) in [5.41, 5.74) is 0.486. The van der Waals surface area contributed by atoms with E-state index in [0.717, 1.165) is 17.6 Å². The zero-order valence-corrected chi connectivity index (χ0v) is 10.3. The van der Waals surface area contributed by atoms with Gasteiger partial charge in [0, 0.05) is 7.05 Å². The fourth-order valence-corrected chi connectivity index (χ4v) is 1.76. The van der Waals surface area contributed by atoms with Crippen molar-refractivity contribution in [2.24, 2.45) is 7.05 Å². The molecule has 0 spiro atoms. The molecule has 9 heteroatoms. The van der Waals surface area contributed by atoms with Crippen molar-refractivity contribution < 1.29 is 14.8 Å². The monoisotopic (exact) mass is 265 g/mol. The van der Waals surface area contributed by atoms with Crippen molar-refractivity contribution in [3.63, 3.8) is 0 Å². The van der Waals surface area contributed by atoms with E-state index in [2.05, 4.69) is 10.2 Å². The van der Waals surface area contributed by atoms with Gasteiger partial charge in [-0.2, -0.15) is 10.2 Å². The molecule has 2 rings (SSSR count). The summed E-state index contributed by atoms with van der Waals surface area (Å²) in [5.74, 6) is -1.42. The summed E-state index contributed by atoms with van der Waals surface area (Å²) in [4.78, 5) is 20.8. The molecule has 0 aliphatic rings. The van der Waals surface area contributed by atoms with E-state index in [1.807, 2.05) is 6.92 Å². The molecule has 0 radical (unpaired) electrons. The molecule has 0 aliphatic heterocycles. The first-order chi connectivity index (χ1) is 8.88. The van der Waals surface area contributed by atoms with Crippen LogP contribution in [-0.4, -0.2) is 35.6 Å². The molecular weight excluding hydrogens is 254 g/mol. The second-order valence-corrected chi connectivity index (χ2v) is 4.02. The molecule has 0 unspecified atom stereocenters. The van der Waals surface area contributed by atoms with Gasteiger partial charge in [-0.3, -0.25) is 19.5 Å². The van der Waals surface area contributed by atoms with Gasteiger partial charge in [0.2, 0.25) is 5.69 Å². The van der Waals surface area contributed by atoms with E-state index in [1.54, 1.807) is 17.8 Å². The molecule has 2 heterocycles.